The summed E-state index contributed by atoms with van der Waals surface area (Å²) in [5, 5.41) is -0.0551. The molecule has 2 fully saturated rings. The molecular weight excluding hydrogens is 432 g/mol. The lowest BCUT2D eigenvalue weighted by Gasteiger charge is -2.32. The predicted molar refractivity (Wildman–Crippen MR) is 130 cm³/mol. The molecule has 2 aromatic carbocycles. The number of rotatable bonds is 6. The number of hydrogen-bond donors (Lipinski definition) is 0. The SMILES string of the molecule is O=C(c1ccc([C@@H]2SCC(=O)N2Cc2ccco2)cc1)N1CCC(Cc2ccccc2)CC1. The van der Waals surface area contributed by atoms with Gasteiger partial charge >= 0.3 is 0 Å². The summed E-state index contributed by atoms with van der Waals surface area (Å²) in [5.74, 6) is 2.08. The van der Waals surface area contributed by atoms with E-state index in [0.717, 1.165) is 43.7 Å². The fraction of sp³-hybridized carbons (Fsp3) is 0.333. The zero-order chi connectivity index (χ0) is 22.6. The second-order valence-electron chi connectivity index (χ2n) is 8.81. The number of benzene rings is 2. The van der Waals surface area contributed by atoms with Gasteiger partial charge < -0.3 is 14.2 Å². The highest BCUT2D eigenvalue weighted by molar-refractivity contribution is 8.00. The number of carbonyl (C=O) groups is 2. The van der Waals surface area contributed by atoms with Crippen LogP contribution in [0.2, 0.25) is 0 Å². The highest BCUT2D eigenvalue weighted by Gasteiger charge is 2.33. The lowest BCUT2D eigenvalue weighted by atomic mass is 9.90. The number of carbonyl (C=O) groups excluding carboxylic acids is 2. The fourth-order valence-electron chi connectivity index (χ4n) is 4.73. The first-order valence-electron chi connectivity index (χ1n) is 11.5. The van der Waals surface area contributed by atoms with Crippen LogP contribution in [0.3, 0.4) is 0 Å². The first-order chi connectivity index (χ1) is 16.2. The van der Waals surface area contributed by atoms with Gasteiger partial charge in [-0.1, -0.05) is 42.5 Å². The molecule has 3 heterocycles. The van der Waals surface area contributed by atoms with Crippen LogP contribution in [-0.2, 0) is 17.8 Å². The minimum atomic E-state index is -0.0551. The largest absolute Gasteiger partial charge is 0.467 e. The number of nitrogens with zero attached hydrogens (tertiary/aromatic N) is 2. The Morgan fingerprint density at radius 3 is 2.42 bits per heavy atom. The van der Waals surface area contributed by atoms with E-state index in [1.807, 2.05) is 46.2 Å². The lowest BCUT2D eigenvalue weighted by molar-refractivity contribution is -0.128. The number of hydrogen-bond acceptors (Lipinski definition) is 4. The molecule has 0 saturated carbocycles. The molecule has 2 aliphatic rings. The van der Waals surface area contributed by atoms with Crippen molar-refractivity contribution in [2.45, 2.75) is 31.2 Å². The highest BCUT2D eigenvalue weighted by atomic mass is 32.2. The zero-order valence-corrected chi connectivity index (χ0v) is 19.4. The molecule has 170 valence electrons. The summed E-state index contributed by atoms with van der Waals surface area (Å²) in [6.45, 7) is 2.08. The number of likely N-dealkylation sites (tertiary alicyclic amines) is 1. The Balaban J connectivity index is 1.19. The van der Waals surface area contributed by atoms with Gasteiger partial charge in [-0.05, 0) is 60.6 Å². The van der Waals surface area contributed by atoms with Gasteiger partial charge in [0.15, 0.2) is 0 Å². The quantitative estimate of drug-likeness (QED) is 0.511. The van der Waals surface area contributed by atoms with Gasteiger partial charge in [0.05, 0.1) is 18.6 Å². The number of thioether (sulfide) groups is 1. The van der Waals surface area contributed by atoms with E-state index in [9.17, 15) is 9.59 Å². The molecule has 1 atom stereocenters. The van der Waals surface area contributed by atoms with Gasteiger partial charge in [0.1, 0.15) is 11.1 Å². The molecule has 6 heteroatoms. The number of furan rings is 1. The van der Waals surface area contributed by atoms with Gasteiger partial charge in [-0.3, -0.25) is 9.59 Å². The second-order valence-corrected chi connectivity index (χ2v) is 9.88. The molecule has 5 nitrogen and oxygen atoms in total. The van der Waals surface area contributed by atoms with E-state index < -0.39 is 0 Å². The molecule has 33 heavy (non-hydrogen) atoms. The van der Waals surface area contributed by atoms with Crippen LogP contribution in [0, 0.1) is 5.92 Å². The summed E-state index contributed by atoms with van der Waals surface area (Å²) in [6.07, 6.45) is 4.80. The lowest BCUT2D eigenvalue weighted by Crippen LogP contribution is -2.38. The van der Waals surface area contributed by atoms with Crippen molar-refractivity contribution >= 4 is 23.6 Å². The summed E-state index contributed by atoms with van der Waals surface area (Å²) in [5.41, 5.74) is 3.13. The molecular formula is C27H28N2O3S. The molecule has 0 spiro atoms. The van der Waals surface area contributed by atoms with E-state index in [0.29, 0.717) is 23.8 Å². The van der Waals surface area contributed by atoms with E-state index in [1.165, 1.54) is 5.56 Å². The van der Waals surface area contributed by atoms with Crippen molar-refractivity contribution in [3.8, 4) is 0 Å². The maximum absolute atomic E-state index is 13.1. The van der Waals surface area contributed by atoms with Crippen molar-refractivity contribution in [2.75, 3.05) is 18.8 Å². The average Bonchev–Trinajstić information content (AvgIpc) is 3.50. The fourth-order valence-corrected chi connectivity index (χ4v) is 5.92. The molecule has 3 aromatic rings. The number of amides is 2. The molecule has 2 amide bonds. The smallest absolute Gasteiger partial charge is 0.253 e. The summed E-state index contributed by atoms with van der Waals surface area (Å²) >= 11 is 1.62. The summed E-state index contributed by atoms with van der Waals surface area (Å²) in [4.78, 5) is 29.3. The Morgan fingerprint density at radius 2 is 1.73 bits per heavy atom. The Kier molecular flexibility index (Phi) is 6.53. The predicted octanol–water partition coefficient (Wildman–Crippen LogP) is 5.15. The molecule has 0 radical (unpaired) electrons. The Morgan fingerprint density at radius 1 is 0.970 bits per heavy atom. The zero-order valence-electron chi connectivity index (χ0n) is 18.6. The third-order valence-corrected chi connectivity index (χ3v) is 7.84. The van der Waals surface area contributed by atoms with Crippen molar-refractivity contribution in [3.05, 3.63) is 95.4 Å². The Bertz CT molecular complexity index is 1070. The maximum atomic E-state index is 13.1. The normalized spacial score (nSPS) is 19.3. The highest BCUT2D eigenvalue weighted by Crippen LogP contribution is 2.39. The van der Waals surface area contributed by atoms with Crippen LogP contribution in [0.4, 0.5) is 0 Å². The molecule has 1 aromatic heterocycles. The van der Waals surface area contributed by atoms with E-state index in [4.69, 9.17) is 4.42 Å². The van der Waals surface area contributed by atoms with E-state index in [2.05, 4.69) is 30.3 Å². The Labute approximate surface area is 198 Å². The molecule has 0 bridgehead atoms. The van der Waals surface area contributed by atoms with E-state index in [-0.39, 0.29) is 17.2 Å². The molecule has 2 saturated heterocycles. The third-order valence-electron chi connectivity index (χ3n) is 6.59. The van der Waals surface area contributed by atoms with Crippen LogP contribution in [-0.4, -0.2) is 40.5 Å². The van der Waals surface area contributed by atoms with Gasteiger partial charge in [0.25, 0.3) is 5.91 Å². The molecule has 0 aliphatic carbocycles. The van der Waals surface area contributed by atoms with Crippen molar-refractivity contribution in [2.24, 2.45) is 5.92 Å². The molecule has 2 aliphatic heterocycles. The van der Waals surface area contributed by atoms with Gasteiger partial charge in [-0.25, -0.2) is 0 Å². The van der Waals surface area contributed by atoms with Crippen molar-refractivity contribution in [1.82, 2.24) is 9.80 Å². The summed E-state index contributed by atoms with van der Waals surface area (Å²) in [6, 6.07) is 22.1. The molecule has 0 unspecified atom stereocenters. The van der Waals surface area contributed by atoms with Crippen LogP contribution in [0.15, 0.2) is 77.4 Å². The van der Waals surface area contributed by atoms with Crippen molar-refractivity contribution in [1.29, 1.82) is 0 Å². The van der Waals surface area contributed by atoms with E-state index >= 15 is 0 Å². The molecule has 5 rings (SSSR count). The minimum absolute atomic E-state index is 0.0551. The first kappa shape index (κ1) is 21.8. The van der Waals surface area contributed by atoms with Crippen LogP contribution in [0.5, 0.6) is 0 Å². The average molecular weight is 461 g/mol. The maximum Gasteiger partial charge on any atom is 0.253 e. The van der Waals surface area contributed by atoms with Gasteiger partial charge in [0.2, 0.25) is 5.91 Å². The van der Waals surface area contributed by atoms with Crippen molar-refractivity contribution in [3.63, 3.8) is 0 Å². The van der Waals surface area contributed by atoms with Gasteiger partial charge in [-0.15, -0.1) is 11.8 Å². The van der Waals surface area contributed by atoms with Crippen LogP contribution in [0.1, 0.15) is 45.5 Å². The molecule has 0 N–H and O–H groups in total. The van der Waals surface area contributed by atoms with Crippen LogP contribution in [0.25, 0.3) is 0 Å². The van der Waals surface area contributed by atoms with Crippen molar-refractivity contribution < 1.29 is 14.0 Å². The van der Waals surface area contributed by atoms with Crippen LogP contribution >= 0.6 is 11.8 Å². The van der Waals surface area contributed by atoms with Gasteiger partial charge in [0, 0.05) is 18.7 Å². The standard InChI is InChI=1S/C27H28N2O3S/c30-25-19-33-27(29(25)18-24-7-4-16-32-24)23-10-8-22(9-11-23)26(31)28-14-12-21(13-15-28)17-20-5-2-1-3-6-20/h1-11,16,21,27H,12-15,17-19H2/t27-/m0/s1. The first-order valence-corrected chi connectivity index (χ1v) is 12.6. The monoisotopic (exact) mass is 460 g/mol. The third kappa shape index (κ3) is 5.01. The minimum Gasteiger partial charge on any atom is -0.467 e. The van der Waals surface area contributed by atoms with Crippen LogP contribution < -0.4 is 0 Å². The van der Waals surface area contributed by atoms with E-state index in [1.54, 1.807) is 18.0 Å². The second kappa shape index (κ2) is 9.87. The summed E-state index contributed by atoms with van der Waals surface area (Å²) < 4.78 is 5.43. The topological polar surface area (TPSA) is 53.8 Å². The van der Waals surface area contributed by atoms with Gasteiger partial charge in [-0.2, -0.15) is 0 Å². The number of piperidine rings is 1. The summed E-state index contributed by atoms with van der Waals surface area (Å²) in [7, 11) is 0. The Hall–Kier alpha value is -2.99.